The molecule has 0 aliphatic rings. The molecule has 1 amide bonds. The van der Waals surface area contributed by atoms with Crippen LogP contribution in [0.1, 0.15) is 37.0 Å². The molecule has 3 N–H and O–H groups in total. The number of amides is 1. The van der Waals surface area contributed by atoms with Crippen molar-refractivity contribution in [2.45, 2.75) is 32.3 Å². The summed E-state index contributed by atoms with van der Waals surface area (Å²) in [7, 11) is 0. The molecule has 1 aromatic carbocycles. The molecule has 2 rings (SSSR count). The smallest absolute Gasteiger partial charge is 0.251 e. The fourth-order valence-corrected chi connectivity index (χ4v) is 1.93. The number of aromatic nitrogens is 2. The van der Waals surface area contributed by atoms with E-state index in [4.69, 9.17) is 0 Å². The van der Waals surface area contributed by atoms with E-state index in [0.29, 0.717) is 18.4 Å². The fourth-order valence-electron chi connectivity index (χ4n) is 1.93. The van der Waals surface area contributed by atoms with E-state index in [-0.39, 0.29) is 12.5 Å². The molecule has 102 valence electrons. The topological polar surface area (TPSA) is 78.0 Å². The van der Waals surface area contributed by atoms with E-state index < -0.39 is 5.60 Å². The summed E-state index contributed by atoms with van der Waals surface area (Å²) in [6.07, 6.45) is 2.94. The molecule has 5 nitrogen and oxygen atoms in total. The van der Waals surface area contributed by atoms with Gasteiger partial charge in [-0.05, 0) is 25.0 Å². The molecule has 0 fully saturated rings. The van der Waals surface area contributed by atoms with E-state index in [2.05, 4.69) is 15.5 Å². The van der Waals surface area contributed by atoms with Crippen LogP contribution in [-0.2, 0) is 0 Å². The summed E-state index contributed by atoms with van der Waals surface area (Å²) >= 11 is 0. The molecule has 0 bridgehead atoms. The lowest BCUT2D eigenvalue weighted by atomic mass is 9.97. The number of H-pyrrole nitrogens is 1. The lowest BCUT2D eigenvalue weighted by Crippen LogP contribution is -2.42. The molecule has 0 saturated carbocycles. The number of benzene rings is 1. The number of aliphatic hydroxyl groups is 1. The van der Waals surface area contributed by atoms with E-state index in [9.17, 15) is 9.90 Å². The first-order valence-electron chi connectivity index (χ1n) is 6.51. The summed E-state index contributed by atoms with van der Waals surface area (Å²) in [5, 5.41) is 20.6. The maximum absolute atomic E-state index is 12.0. The number of fused-ring (bicyclic) bond motifs is 1. The number of rotatable bonds is 5. The summed E-state index contributed by atoms with van der Waals surface area (Å²) in [6.45, 7) is 4.08. The fraction of sp³-hybridized carbons (Fsp3) is 0.429. The van der Waals surface area contributed by atoms with Crippen LogP contribution in [0.5, 0.6) is 0 Å². The molecule has 0 spiro atoms. The maximum atomic E-state index is 12.0. The van der Waals surface area contributed by atoms with Crippen LogP contribution in [0.4, 0.5) is 0 Å². The van der Waals surface area contributed by atoms with Crippen molar-refractivity contribution < 1.29 is 9.90 Å². The van der Waals surface area contributed by atoms with Crippen LogP contribution in [-0.4, -0.2) is 33.4 Å². The van der Waals surface area contributed by atoms with Crippen LogP contribution >= 0.6 is 0 Å². The summed E-state index contributed by atoms with van der Waals surface area (Å²) in [5.74, 6) is -0.183. The number of hydrogen-bond donors (Lipinski definition) is 3. The van der Waals surface area contributed by atoms with Crippen LogP contribution in [0, 0.1) is 0 Å². The molecule has 1 heterocycles. The zero-order valence-corrected chi connectivity index (χ0v) is 11.2. The summed E-state index contributed by atoms with van der Waals surface area (Å²) < 4.78 is 0. The van der Waals surface area contributed by atoms with Gasteiger partial charge in [-0.3, -0.25) is 9.89 Å². The van der Waals surface area contributed by atoms with Crippen molar-refractivity contribution in [3.8, 4) is 0 Å². The third-order valence-corrected chi connectivity index (χ3v) is 3.60. The highest BCUT2D eigenvalue weighted by molar-refractivity contribution is 5.97. The van der Waals surface area contributed by atoms with Gasteiger partial charge < -0.3 is 10.4 Å². The largest absolute Gasteiger partial charge is 0.388 e. The first-order chi connectivity index (χ1) is 9.08. The Morgan fingerprint density at radius 3 is 2.84 bits per heavy atom. The second kappa shape index (κ2) is 5.40. The normalized spacial score (nSPS) is 11.7. The maximum Gasteiger partial charge on any atom is 0.251 e. The summed E-state index contributed by atoms with van der Waals surface area (Å²) in [6, 6.07) is 5.36. The van der Waals surface area contributed by atoms with Gasteiger partial charge in [0.05, 0.1) is 17.3 Å². The van der Waals surface area contributed by atoms with Crippen LogP contribution in [0.2, 0.25) is 0 Å². The number of carbonyl (C=O) groups excluding carboxylic acids is 1. The van der Waals surface area contributed by atoms with Gasteiger partial charge >= 0.3 is 0 Å². The van der Waals surface area contributed by atoms with Gasteiger partial charge in [-0.2, -0.15) is 5.10 Å². The van der Waals surface area contributed by atoms with E-state index >= 15 is 0 Å². The van der Waals surface area contributed by atoms with Crippen molar-refractivity contribution in [3.05, 3.63) is 30.0 Å². The zero-order valence-electron chi connectivity index (χ0n) is 11.2. The Kier molecular flexibility index (Phi) is 3.85. The first kappa shape index (κ1) is 13.5. The van der Waals surface area contributed by atoms with Crippen molar-refractivity contribution in [1.82, 2.24) is 15.5 Å². The quantitative estimate of drug-likeness (QED) is 0.768. The highest BCUT2D eigenvalue weighted by Gasteiger charge is 2.23. The number of carbonyl (C=O) groups is 1. The Morgan fingerprint density at radius 1 is 1.42 bits per heavy atom. The molecule has 0 atom stereocenters. The summed E-state index contributed by atoms with van der Waals surface area (Å²) in [4.78, 5) is 12.0. The third kappa shape index (κ3) is 2.93. The average Bonchev–Trinajstić information content (AvgIpc) is 2.91. The standard InChI is InChI=1S/C14H19N3O2/c1-3-14(19,4-2)9-15-13(18)10-5-6-11-8-16-17-12(11)7-10/h5-8,19H,3-4,9H2,1-2H3,(H,15,18)(H,16,17). The SMILES string of the molecule is CCC(O)(CC)CNC(=O)c1ccc2cn[nH]c2c1. The Morgan fingerprint density at radius 2 is 2.16 bits per heavy atom. The highest BCUT2D eigenvalue weighted by atomic mass is 16.3. The molecule has 0 radical (unpaired) electrons. The van der Waals surface area contributed by atoms with Crippen molar-refractivity contribution in [3.63, 3.8) is 0 Å². The number of hydrogen-bond acceptors (Lipinski definition) is 3. The van der Waals surface area contributed by atoms with Crippen LogP contribution in [0.3, 0.4) is 0 Å². The second-order valence-corrected chi connectivity index (χ2v) is 4.79. The van der Waals surface area contributed by atoms with Crippen LogP contribution in [0.25, 0.3) is 10.9 Å². The predicted molar refractivity (Wildman–Crippen MR) is 74.0 cm³/mol. The molecule has 0 aliphatic heterocycles. The Bertz CT molecular complexity index is 573. The van der Waals surface area contributed by atoms with Gasteiger partial charge in [0, 0.05) is 17.5 Å². The lowest BCUT2D eigenvalue weighted by Gasteiger charge is -2.25. The molecular weight excluding hydrogens is 242 g/mol. The third-order valence-electron chi connectivity index (χ3n) is 3.60. The minimum absolute atomic E-state index is 0.183. The molecule has 0 unspecified atom stereocenters. The molecule has 19 heavy (non-hydrogen) atoms. The monoisotopic (exact) mass is 261 g/mol. The minimum atomic E-state index is -0.826. The minimum Gasteiger partial charge on any atom is -0.388 e. The summed E-state index contributed by atoms with van der Waals surface area (Å²) in [5.41, 5.74) is 0.563. The van der Waals surface area contributed by atoms with Gasteiger partial charge in [0.2, 0.25) is 0 Å². The number of nitrogens with one attached hydrogen (secondary N) is 2. The van der Waals surface area contributed by atoms with E-state index in [0.717, 1.165) is 10.9 Å². The van der Waals surface area contributed by atoms with Crippen molar-refractivity contribution in [2.75, 3.05) is 6.54 Å². The predicted octanol–water partition coefficient (Wildman–Crippen LogP) is 1.84. The number of nitrogens with zero attached hydrogens (tertiary/aromatic N) is 1. The molecule has 2 aromatic rings. The number of aromatic amines is 1. The van der Waals surface area contributed by atoms with Gasteiger partial charge in [-0.25, -0.2) is 0 Å². The highest BCUT2D eigenvalue weighted by Crippen LogP contribution is 2.15. The second-order valence-electron chi connectivity index (χ2n) is 4.79. The van der Waals surface area contributed by atoms with Crippen molar-refractivity contribution in [2.24, 2.45) is 0 Å². The van der Waals surface area contributed by atoms with Crippen LogP contribution < -0.4 is 5.32 Å². The van der Waals surface area contributed by atoms with Crippen molar-refractivity contribution >= 4 is 16.8 Å². The van der Waals surface area contributed by atoms with Crippen molar-refractivity contribution in [1.29, 1.82) is 0 Å². The molecular formula is C14H19N3O2. The Labute approximate surface area is 112 Å². The van der Waals surface area contributed by atoms with E-state index in [1.165, 1.54) is 0 Å². The molecule has 1 aromatic heterocycles. The van der Waals surface area contributed by atoms with E-state index in [1.54, 1.807) is 18.3 Å². The van der Waals surface area contributed by atoms with Gasteiger partial charge in [0.15, 0.2) is 0 Å². The first-order valence-corrected chi connectivity index (χ1v) is 6.51. The zero-order chi connectivity index (χ0) is 13.9. The van der Waals surface area contributed by atoms with Crippen LogP contribution in [0.15, 0.2) is 24.4 Å². The molecule has 0 aliphatic carbocycles. The van der Waals surface area contributed by atoms with Gasteiger partial charge in [-0.1, -0.05) is 19.9 Å². The molecule has 0 saturated heterocycles. The van der Waals surface area contributed by atoms with E-state index in [1.807, 2.05) is 19.9 Å². The van der Waals surface area contributed by atoms with Gasteiger partial charge in [0.25, 0.3) is 5.91 Å². The van der Waals surface area contributed by atoms with Gasteiger partial charge in [-0.15, -0.1) is 0 Å². The molecule has 5 heteroatoms. The Balaban J connectivity index is 2.07. The lowest BCUT2D eigenvalue weighted by molar-refractivity contribution is 0.0314. The Hall–Kier alpha value is -1.88. The average molecular weight is 261 g/mol. The van der Waals surface area contributed by atoms with Gasteiger partial charge in [0.1, 0.15) is 0 Å².